The van der Waals surface area contributed by atoms with Crippen molar-refractivity contribution in [2.75, 3.05) is 11.9 Å². The van der Waals surface area contributed by atoms with Gasteiger partial charge in [-0.05, 0) is 24.5 Å². The van der Waals surface area contributed by atoms with Crippen LogP contribution in [0.2, 0.25) is 0 Å². The molecule has 0 aliphatic heterocycles. The molecule has 0 saturated heterocycles. The summed E-state index contributed by atoms with van der Waals surface area (Å²) in [4.78, 5) is 24.3. The number of anilines is 1. The molecule has 0 unspecified atom stereocenters. The predicted octanol–water partition coefficient (Wildman–Crippen LogP) is 7.93. The fraction of sp³-hybridized carbons (Fsp3) is 0.517. The number of rotatable bonds is 17. The van der Waals surface area contributed by atoms with Crippen LogP contribution in [0.3, 0.4) is 0 Å². The number of para-hydroxylation sites is 1. The molecule has 0 spiro atoms. The van der Waals surface area contributed by atoms with E-state index in [0.717, 1.165) is 29.7 Å². The van der Waals surface area contributed by atoms with E-state index in [0.29, 0.717) is 19.4 Å². The van der Waals surface area contributed by atoms with Gasteiger partial charge in [0.2, 0.25) is 5.91 Å². The molecule has 4 heteroatoms. The molecule has 0 aromatic heterocycles. The van der Waals surface area contributed by atoms with Crippen molar-refractivity contribution >= 4 is 17.6 Å². The monoisotopic (exact) mass is 451 g/mol. The van der Waals surface area contributed by atoms with Crippen molar-refractivity contribution in [1.29, 1.82) is 0 Å². The summed E-state index contributed by atoms with van der Waals surface area (Å²) in [7, 11) is 0. The normalized spacial score (nSPS) is 10.7. The summed E-state index contributed by atoms with van der Waals surface area (Å²) in [5.74, 6) is -0.288. The second-order valence-corrected chi connectivity index (χ2v) is 8.72. The van der Waals surface area contributed by atoms with E-state index in [1.807, 2.05) is 54.6 Å². The Morgan fingerprint density at radius 2 is 1.30 bits per heavy atom. The zero-order valence-electron chi connectivity index (χ0n) is 20.3. The Kier molecular flexibility index (Phi) is 13.7. The molecule has 2 aromatic rings. The van der Waals surface area contributed by atoms with Gasteiger partial charge in [-0.2, -0.15) is 0 Å². The molecule has 0 bridgehead atoms. The number of carbonyl (C=O) groups is 2. The zero-order chi connectivity index (χ0) is 23.6. The Hall–Kier alpha value is -2.62. The third-order valence-corrected chi connectivity index (χ3v) is 5.83. The highest BCUT2D eigenvalue weighted by molar-refractivity contribution is 5.95. The number of carbonyl (C=O) groups excluding carboxylic acids is 2. The summed E-state index contributed by atoms with van der Waals surface area (Å²) < 4.78 is 5.32. The average molecular weight is 452 g/mol. The summed E-state index contributed by atoms with van der Waals surface area (Å²) in [5, 5.41) is 2.98. The van der Waals surface area contributed by atoms with E-state index in [4.69, 9.17) is 4.74 Å². The van der Waals surface area contributed by atoms with E-state index < -0.39 is 0 Å². The smallest absolute Gasteiger partial charge is 0.305 e. The first-order valence-corrected chi connectivity index (χ1v) is 12.8. The standard InChI is InChI=1S/C29H41NO3/c1-2-3-4-5-6-7-8-9-10-16-24-33-29(32)23-17-22-28(31)30-27-21-15-14-20-26(27)25-18-12-11-13-19-25/h11-15,18-21H,2-10,16-17,22-24H2,1H3,(H,30,31). The first-order valence-electron chi connectivity index (χ1n) is 12.8. The van der Waals surface area contributed by atoms with Crippen LogP contribution >= 0.6 is 0 Å². The van der Waals surface area contributed by atoms with Gasteiger partial charge in [-0.25, -0.2) is 0 Å². The van der Waals surface area contributed by atoms with Gasteiger partial charge < -0.3 is 10.1 Å². The molecule has 0 radical (unpaired) electrons. The minimum Gasteiger partial charge on any atom is -0.466 e. The number of esters is 1. The van der Waals surface area contributed by atoms with Crippen LogP contribution in [0.5, 0.6) is 0 Å². The molecule has 0 fully saturated rings. The van der Waals surface area contributed by atoms with Gasteiger partial charge in [-0.3, -0.25) is 9.59 Å². The van der Waals surface area contributed by atoms with Gasteiger partial charge in [0.05, 0.1) is 6.61 Å². The predicted molar refractivity (Wildman–Crippen MR) is 137 cm³/mol. The van der Waals surface area contributed by atoms with Crippen molar-refractivity contribution < 1.29 is 14.3 Å². The average Bonchev–Trinajstić information content (AvgIpc) is 2.83. The van der Waals surface area contributed by atoms with E-state index in [1.54, 1.807) is 0 Å². The molecule has 0 aliphatic carbocycles. The van der Waals surface area contributed by atoms with Crippen LogP contribution in [0.1, 0.15) is 90.4 Å². The second kappa shape index (κ2) is 16.9. The van der Waals surface area contributed by atoms with Crippen molar-refractivity contribution in [3.8, 4) is 11.1 Å². The van der Waals surface area contributed by atoms with Crippen LogP contribution < -0.4 is 5.32 Å². The third kappa shape index (κ3) is 11.7. The van der Waals surface area contributed by atoms with Gasteiger partial charge in [0, 0.05) is 24.1 Å². The molecule has 0 aliphatic rings. The summed E-state index contributed by atoms with van der Waals surface area (Å²) in [6.07, 6.45) is 13.7. The molecule has 2 aromatic carbocycles. The van der Waals surface area contributed by atoms with E-state index >= 15 is 0 Å². The number of nitrogens with one attached hydrogen (secondary N) is 1. The van der Waals surface area contributed by atoms with Gasteiger partial charge in [-0.1, -0.05) is 113 Å². The van der Waals surface area contributed by atoms with Crippen molar-refractivity contribution in [1.82, 2.24) is 0 Å². The lowest BCUT2D eigenvalue weighted by Gasteiger charge is -2.11. The minimum absolute atomic E-state index is 0.0825. The molecular formula is C29H41NO3. The molecular weight excluding hydrogens is 410 g/mol. The summed E-state index contributed by atoms with van der Waals surface area (Å²) >= 11 is 0. The summed E-state index contributed by atoms with van der Waals surface area (Å²) in [5.41, 5.74) is 2.84. The maximum absolute atomic E-state index is 12.4. The summed E-state index contributed by atoms with van der Waals surface area (Å²) in [6.45, 7) is 2.74. The SMILES string of the molecule is CCCCCCCCCCCCOC(=O)CCCC(=O)Nc1ccccc1-c1ccccc1. The topological polar surface area (TPSA) is 55.4 Å². The lowest BCUT2D eigenvalue weighted by atomic mass is 10.0. The molecule has 180 valence electrons. The molecule has 4 nitrogen and oxygen atoms in total. The van der Waals surface area contributed by atoms with Crippen LogP contribution in [0, 0.1) is 0 Å². The zero-order valence-corrected chi connectivity index (χ0v) is 20.3. The number of hydrogen-bond acceptors (Lipinski definition) is 3. The van der Waals surface area contributed by atoms with Crippen LogP contribution in [-0.2, 0) is 14.3 Å². The van der Waals surface area contributed by atoms with Gasteiger partial charge in [0.15, 0.2) is 0 Å². The number of unbranched alkanes of at least 4 members (excludes halogenated alkanes) is 9. The van der Waals surface area contributed by atoms with Gasteiger partial charge in [-0.15, -0.1) is 0 Å². The fourth-order valence-electron chi connectivity index (χ4n) is 3.92. The van der Waals surface area contributed by atoms with Crippen molar-refractivity contribution in [2.45, 2.75) is 90.4 Å². The Morgan fingerprint density at radius 3 is 2.00 bits per heavy atom. The Balaban J connectivity index is 1.53. The highest BCUT2D eigenvalue weighted by Gasteiger charge is 2.10. The first kappa shape index (κ1) is 26.6. The van der Waals surface area contributed by atoms with Crippen LogP contribution in [0.15, 0.2) is 54.6 Å². The second-order valence-electron chi connectivity index (χ2n) is 8.72. The third-order valence-electron chi connectivity index (χ3n) is 5.83. The van der Waals surface area contributed by atoms with E-state index in [2.05, 4.69) is 12.2 Å². The lowest BCUT2D eigenvalue weighted by Crippen LogP contribution is -2.13. The van der Waals surface area contributed by atoms with E-state index in [1.165, 1.54) is 51.4 Å². The molecule has 2 rings (SSSR count). The summed E-state index contributed by atoms with van der Waals surface area (Å²) in [6, 6.07) is 17.8. The Bertz CT molecular complexity index is 804. The van der Waals surface area contributed by atoms with Gasteiger partial charge >= 0.3 is 5.97 Å². The first-order chi connectivity index (χ1) is 16.2. The number of benzene rings is 2. The molecule has 0 heterocycles. The quantitative estimate of drug-likeness (QED) is 0.196. The highest BCUT2D eigenvalue weighted by atomic mass is 16.5. The maximum Gasteiger partial charge on any atom is 0.305 e. The molecule has 0 saturated carbocycles. The van der Waals surface area contributed by atoms with Crippen LogP contribution in [0.4, 0.5) is 5.69 Å². The van der Waals surface area contributed by atoms with Crippen LogP contribution in [-0.4, -0.2) is 18.5 Å². The molecule has 33 heavy (non-hydrogen) atoms. The highest BCUT2D eigenvalue weighted by Crippen LogP contribution is 2.27. The minimum atomic E-state index is -0.205. The number of ether oxygens (including phenoxy) is 1. The lowest BCUT2D eigenvalue weighted by molar-refractivity contribution is -0.143. The molecule has 0 atom stereocenters. The van der Waals surface area contributed by atoms with Crippen molar-refractivity contribution in [3.05, 3.63) is 54.6 Å². The number of hydrogen-bond donors (Lipinski definition) is 1. The van der Waals surface area contributed by atoms with Gasteiger partial charge in [0.1, 0.15) is 0 Å². The van der Waals surface area contributed by atoms with Crippen molar-refractivity contribution in [3.63, 3.8) is 0 Å². The van der Waals surface area contributed by atoms with Crippen molar-refractivity contribution in [2.24, 2.45) is 0 Å². The Labute approximate surface area is 200 Å². The van der Waals surface area contributed by atoms with E-state index in [9.17, 15) is 9.59 Å². The fourth-order valence-corrected chi connectivity index (χ4v) is 3.92. The van der Waals surface area contributed by atoms with Crippen LogP contribution in [0.25, 0.3) is 11.1 Å². The Morgan fingerprint density at radius 1 is 0.697 bits per heavy atom. The molecule has 1 amide bonds. The largest absolute Gasteiger partial charge is 0.466 e. The number of amides is 1. The van der Waals surface area contributed by atoms with Gasteiger partial charge in [0.25, 0.3) is 0 Å². The maximum atomic E-state index is 12.4. The van der Waals surface area contributed by atoms with E-state index in [-0.39, 0.29) is 18.3 Å². The molecule has 1 N–H and O–H groups in total.